The zero-order valence-corrected chi connectivity index (χ0v) is 15.3. The SMILES string of the molecule is C[C@H](Sc1nc(NC2CC2)c2ccccc2n1)C(=O)NC(=O)NC1CC1. The van der Waals surface area contributed by atoms with Crippen molar-refractivity contribution in [3.63, 3.8) is 0 Å². The van der Waals surface area contributed by atoms with Crippen LogP contribution in [0.3, 0.4) is 0 Å². The van der Waals surface area contributed by atoms with Crippen molar-refractivity contribution in [2.45, 2.75) is 55.1 Å². The van der Waals surface area contributed by atoms with Crippen LogP contribution >= 0.6 is 11.8 Å². The summed E-state index contributed by atoms with van der Waals surface area (Å²) in [4.78, 5) is 33.1. The molecule has 0 saturated heterocycles. The van der Waals surface area contributed by atoms with E-state index >= 15 is 0 Å². The molecule has 1 atom stereocenters. The molecule has 26 heavy (non-hydrogen) atoms. The topological polar surface area (TPSA) is 96.0 Å². The number of fused-ring (bicyclic) bond motifs is 1. The Morgan fingerprint density at radius 3 is 2.58 bits per heavy atom. The van der Waals surface area contributed by atoms with Crippen molar-refractivity contribution in [2.75, 3.05) is 5.32 Å². The number of nitrogens with one attached hydrogen (secondary N) is 3. The van der Waals surface area contributed by atoms with Gasteiger partial charge < -0.3 is 10.6 Å². The average Bonchev–Trinajstić information content (AvgIpc) is 3.51. The predicted molar refractivity (Wildman–Crippen MR) is 101 cm³/mol. The maximum atomic E-state index is 12.2. The molecule has 2 saturated carbocycles. The first-order valence-electron chi connectivity index (χ1n) is 8.90. The lowest BCUT2D eigenvalue weighted by Crippen LogP contribution is -2.43. The predicted octanol–water partition coefficient (Wildman–Crippen LogP) is 2.67. The Hall–Kier alpha value is -2.35. The standard InChI is InChI=1S/C18H21N5O2S/c1-10(16(24)23-17(25)20-12-8-9-12)26-18-21-14-5-3-2-4-13(14)15(22-18)19-11-6-7-11/h2-5,10-12H,6-9H2,1H3,(H,19,21,22)(H2,20,23,24,25)/t10-/m0/s1. The van der Waals surface area contributed by atoms with Crippen LogP contribution in [0.25, 0.3) is 10.9 Å². The Bertz CT molecular complexity index is 851. The molecule has 0 spiro atoms. The van der Waals surface area contributed by atoms with Crippen molar-refractivity contribution >= 4 is 40.4 Å². The molecule has 0 aliphatic heterocycles. The maximum Gasteiger partial charge on any atom is 0.321 e. The third-order valence-electron chi connectivity index (χ3n) is 4.30. The summed E-state index contributed by atoms with van der Waals surface area (Å²) in [6.45, 7) is 1.75. The molecule has 7 nitrogen and oxygen atoms in total. The molecule has 4 rings (SSSR count). The summed E-state index contributed by atoms with van der Waals surface area (Å²) < 4.78 is 0. The highest BCUT2D eigenvalue weighted by Crippen LogP contribution is 2.30. The molecular weight excluding hydrogens is 350 g/mol. The van der Waals surface area contributed by atoms with Crippen LogP contribution in [0.2, 0.25) is 0 Å². The van der Waals surface area contributed by atoms with E-state index in [0.717, 1.165) is 42.4 Å². The Balaban J connectivity index is 1.46. The van der Waals surface area contributed by atoms with Gasteiger partial charge in [0.2, 0.25) is 5.91 Å². The largest absolute Gasteiger partial charge is 0.367 e. The Labute approximate surface area is 155 Å². The van der Waals surface area contributed by atoms with Crippen LogP contribution in [0.5, 0.6) is 0 Å². The van der Waals surface area contributed by atoms with Crippen molar-refractivity contribution in [1.82, 2.24) is 20.6 Å². The first-order chi connectivity index (χ1) is 12.6. The number of amides is 3. The minimum absolute atomic E-state index is 0.214. The summed E-state index contributed by atoms with van der Waals surface area (Å²) in [6, 6.07) is 8.08. The van der Waals surface area contributed by atoms with Gasteiger partial charge in [0.1, 0.15) is 5.82 Å². The molecule has 3 N–H and O–H groups in total. The number of aromatic nitrogens is 2. The van der Waals surface area contributed by atoms with Gasteiger partial charge in [-0.15, -0.1) is 0 Å². The Morgan fingerprint density at radius 2 is 1.85 bits per heavy atom. The van der Waals surface area contributed by atoms with E-state index in [9.17, 15) is 9.59 Å². The van der Waals surface area contributed by atoms with Crippen LogP contribution in [-0.4, -0.2) is 39.2 Å². The highest BCUT2D eigenvalue weighted by Gasteiger charge is 2.26. The zero-order chi connectivity index (χ0) is 18.1. The van der Waals surface area contributed by atoms with Gasteiger partial charge in [0.15, 0.2) is 5.16 Å². The molecule has 1 aromatic carbocycles. The molecule has 0 unspecified atom stereocenters. The lowest BCUT2D eigenvalue weighted by Gasteiger charge is -2.13. The Kier molecular flexibility index (Phi) is 4.67. The minimum atomic E-state index is -0.477. The number of nitrogens with zero attached hydrogens (tertiary/aromatic N) is 2. The number of thioether (sulfide) groups is 1. The van der Waals surface area contributed by atoms with E-state index in [0.29, 0.717) is 11.2 Å². The van der Waals surface area contributed by atoms with E-state index in [-0.39, 0.29) is 11.9 Å². The number of urea groups is 1. The van der Waals surface area contributed by atoms with Gasteiger partial charge in [0.25, 0.3) is 0 Å². The van der Waals surface area contributed by atoms with Crippen LogP contribution in [0.4, 0.5) is 10.6 Å². The van der Waals surface area contributed by atoms with E-state index in [1.807, 2.05) is 24.3 Å². The number of carbonyl (C=O) groups excluding carboxylic acids is 2. The first kappa shape index (κ1) is 17.1. The van der Waals surface area contributed by atoms with Crippen LogP contribution in [0.1, 0.15) is 32.6 Å². The van der Waals surface area contributed by atoms with E-state index in [1.54, 1.807) is 6.92 Å². The van der Waals surface area contributed by atoms with E-state index in [4.69, 9.17) is 0 Å². The van der Waals surface area contributed by atoms with Gasteiger partial charge in [-0.05, 0) is 44.7 Å². The van der Waals surface area contributed by atoms with Crippen molar-refractivity contribution in [1.29, 1.82) is 0 Å². The number of rotatable bonds is 6. The van der Waals surface area contributed by atoms with Gasteiger partial charge >= 0.3 is 6.03 Å². The highest BCUT2D eigenvalue weighted by atomic mass is 32.2. The number of hydrogen-bond donors (Lipinski definition) is 3. The number of hydrogen-bond acceptors (Lipinski definition) is 6. The molecule has 0 bridgehead atoms. The van der Waals surface area contributed by atoms with Crippen molar-refractivity contribution in [2.24, 2.45) is 0 Å². The fourth-order valence-electron chi connectivity index (χ4n) is 2.51. The van der Waals surface area contributed by atoms with Gasteiger partial charge in [-0.2, -0.15) is 0 Å². The number of imide groups is 1. The van der Waals surface area contributed by atoms with Crippen LogP contribution in [-0.2, 0) is 4.79 Å². The summed E-state index contributed by atoms with van der Waals surface area (Å²) in [5.74, 6) is 0.460. The smallest absolute Gasteiger partial charge is 0.321 e. The number of anilines is 1. The lowest BCUT2D eigenvalue weighted by atomic mass is 10.2. The van der Waals surface area contributed by atoms with Crippen molar-refractivity contribution < 1.29 is 9.59 Å². The van der Waals surface area contributed by atoms with Gasteiger partial charge in [-0.3, -0.25) is 10.1 Å². The van der Waals surface area contributed by atoms with Crippen molar-refractivity contribution in [3.8, 4) is 0 Å². The maximum absolute atomic E-state index is 12.2. The molecule has 2 aromatic rings. The second-order valence-electron chi connectivity index (χ2n) is 6.79. The van der Waals surface area contributed by atoms with Gasteiger partial charge in [0, 0.05) is 17.5 Å². The van der Waals surface area contributed by atoms with Crippen LogP contribution in [0.15, 0.2) is 29.4 Å². The molecule has 0 radical (unpaired) electrons. The molecule has 3 amide bonds. The summed E-state index contributed by atoms with van der Waals surface area (Å²) in [5, 5.41) is 9.59. The zero-order valence-electron chi connectivity index (χ0n) is 14.5. The molecule has 2 aliphatic rings. The number of carbonyl (C=O) groups is 2. The average molecular weight is 371 g/mol. The van der Waals surface area contributed by atoms with E-state index in [1.165, 1.54) is 11.8 Å². The van der Waals surface area contributed by atoms with Crippen LogP contribution < -0.4 is 16.0 Å². The first-order valence-corrected chi connectivity index (χ1v) is 9.78. The molecule has 2 aliphatic carbocycles. The molecule has 2 fully saturated rings. The Morgan fingerprint density at radius 1 is 1.12 bits per heavy atom. The molecule has 1 aromatic heterocycles. The monoisotopic (exact) mass is 371 g/mol. The fourth-order valence-corrected chi connectivity index (χ4v) is 3.29. The normalized spacial score (nSPS) is 17.6. The van der Waals surface area contributed by atoms with Gasteiger partial charge in [-0.1, -0.05) is 23.9 Å². The number of para-hydroxylation sites is 1. The minimum Gasteiger partial charge on any atom is -0.367 e. The van der Waals surface area contributed by atoms with E-state index < -0.39 is 11.3 Å². The quantitative estimate of drug-likeness (QED) is 0.534. The summed E-state index contributed by atoms with van der Waals surface area (Å²) in [7, 11) is 0. The van der Waals surface area contributed by atoms with E-state index in [2.05, 4.69) is 25.9 Å². The molecule has 8 heteroatoms. The summed E-state index contributed by atoms with van der Waals surface area (Å²) in [6.07, 6.45) is 4.26. The number of benzene rings is 1. The van der Waals surface area contributed by atoms with Crippen LogP contribution in [0, 0.1) is 0 Å². The molecule has 1 heterocycles. The molecular formula is C18H21N5O2S. The summed E-state index contributed by atoms with van der Waals surface area (Å²) >= 11 is 1.25. The third-order valence-corrected chi connectivity index (χ3v) is 5.26. The third kappa shape index (κ3) is 4.24. The second-order valence-corrected chi connectivity index (χ2v) is 8.10. The fraction of sp³-hybridized carbons (Fsp3) is 0.444. The second kappa shape index (κ2) is 7.11. The highest BCUT2D eigenvalue weighted by molar-refractivity contribution is 8.00. The molecule has 136 valence electrons. The van der Waals surface area contributed by atoms with Gasteiger partial charge in [0.05, 0.1) is 10.8 Å². The summed E-state index contributed by atoms with van der Waals surface area (Å²) in [5.41, 5.74) is 0.840. The van der Waals surface area contributed by atoms with Gasteiger partial charge in [-0.25, -0.2) is 14.8 Å². The lowest BCUT2D eigenvalue weighted by molar-refractivity contribution is -0.119. The van der Waals surface area contributed by atoms with Crippen molar-refractivity contribution in [3.05, 3.63) is 24.3 Å².